The molecule has 6 heteroatoms. The molecule has 0 radical (unpaired) electrons. The van der Waals surface area contributed by atoms with Crippen molar-refractivity contribution in [2.24, 2.45) is 5.92 Å². The summed E-state index contributed by atoms with van der Waals surface area (Å²) in [6, 6.07) is 6.04. The van der Waals surface area contributed by atoms with Gasteiger partial charge in [-0.05, 0) is 18.4 Å². The fraction of sp³-hybridized carbons (Fsp3) is 0.600. The van der Waals surface area contributed by atoms with Crippen LogP contribution in [-0.2, 0) is 0 Å². The summed E-state index contributed by atoms with van der Waals surface area (Å²) in [7, 11) is 0. The van der Waals surface area contributed by atoms with Crippen molar-refractivity contribution in [1.82, 2.24) is 10.2 Å². The lowest BCUT2D eigenvalue weighted by molar-refractivity contribution is 0.158. The molecule has 0 unspecified atom stereocenters. The van der Waals surface area contributed by atoms with E-state index in [4.69, 9.17) is 11.6 Å². The Morgan fingerprint density at radius 3 is 2.52 bits per heavy atom. The third-order valence-corrected chi connectivity index (χ3v) is 4.53. The van der Waals surface area contributed by atoms with Gasteiger partial charge < -0.3 is 10.4 Å². The second-order valence-corrected chi connectivity index (χ2v) is 6.07. The van der Waals surface area contributed by atoms with Crippen molar-refractivity contribution in [3.63, 3.8) is 0 Å². The second kappa shape index (κ2) is 8.44. The highest BCUT2D eigenvalue weighted by Crippen LogP contribution is 2.43. The summed E-state index contributed by atoms with van der Waals surface area (Å²) in [4.78, 5) is 2.49. The number of hydrogen-bond acceptors (Lipinski definition) is 3. The van der Waals surface area contributed by atoms with Crippen LogP contribution in [0.1, 0.15) is 30.9 Å². The summed E-state index contributed by atoms with van der Waals surface area (Å²) < 4.78 is 0. The lowest BCUT2D eigenvalue weighted by Gasteiger charge is -2.35. The summed E-state index contributed by atoms with van der Waals surface area (Å²) in [6.07, 6.45) is 3.82. The van der Waals surface area contributed by atoms with Gasteiger partial charge in [0.25, 0.3) is 0 Å². The molecule has 2 N–H and O–H groups in total. The van der Waals surface area contributed by atoms with E-state index in [2.05, 4.69) is 10.2 Å². The predicted molar refractivity (Wildman–Crippen MR) is 92.1 cm³/mol. The maximum atomic E-state index is 10.3. The van der Waals surface area contributed by atoms with Gasteiger partial charge in [-0.2, -0.15) is 0 Å². The smallest absolute Gasteiger partial charge is 0.138 e. The third-order valence-electron chi connectivity index (χ3n) is 4.22. The number of piperazine rings is 1. The number of para-hydroxylation sites is 1. The molecule has 21 heavy (non-hydrogen) atoms. The van der Waals surface area contributed by atoms with Crippen molar-refractivity contribution in [1.29, 1.82) is 0 Å². The molecule has 0 spiro atoms. The van der Waals surface area contributed by atoms with E-state index < -0.39 is 0 Å². The minimum absolute atomic E-state index is 0. The minimum Gasteiger partial charge on any atom is -0.506 e. The molecular formula is C15H23Cl3N2O. The molecule has 120 valence electrons. The maximum absolute atomic E-state index is 10.3. The first kappa shape index (κ1) is 18.9. The number of nitrogens with zero attached hydrogens (tertiary/aromatic N) is 1. The average Bonchev–Trinajstić information content (AvgIpc) is 3.25. The molecule has 1 heterocycles. The van der Waals surface area contributed by atoms with E-state index in [1.54, 1.807) is 6.07 Å². The number of phenols is 1. The third kappa shape index (κ3) is 4.64. The van der Waals surface area contributed by atoms with E-state index in [1.807, 2.05) is 12.1 Å². The zero-order chi connectivity index (χ0) is 13.2. The number of hydrogen-bond donors (Lipinski definition) is 2. The Bertz CT molecular complexity index is 449. The average molecular weight is 354 g/mol. The number of benzene rings is 1. The minimum atomic E-state index is 0. The Kier molecular flexibility index (Phi) is 7.58. The molecule has 1 aromatic carbocycles. The van der Waals surface area contributed by atoms with Gasteiger partial charge in [0.05, 0.1) is 5.02 Å². The Morgan fingerprint density at radius 1 is 1.24 bits per heavy atom. The molecule has 0 aromatic heterocycles. The first-order valence-electron chi connectivity index (χ1n) is 7.18. The van der Waals surface area contributed by atoms with Crippen LogP contribution < -0.4 is 5.32 Å². The number of aromatic hydroxyl groups is 1. The summed E-state index contributed by atoms with van der Waals surface area (Å²) in [5.74, 6) is 1.10. The van der Waals surface area contributed by atoms with Gasteiger partial charge in [-0.1, -0.05) is 36.6 Å². The van der Waals surface area contributed by atoms with Crippen LogP contribution in [-0.4, -0.2) is 36.2 Å². The molecule has 1 saturated heterocycles. The molecule has 1 atom stereocenters. The first-order chi connectivity index (χ1) is 9.25. The predicted octanol–water partition coefficient (Wildman–Crippen LogP) is 3.64. The fourth-order valence-electron chi connectivity index (χ4n) is 2.94. The SMILES string of the molecule is Cl.Cl.Oc1c(Cl)cccc1[C@H](CC1CC1)N1CCNCC1. The van der Waals surface area contributed by atoms with Crippen LogP contribution in [0.3, 0.4) is 0 Å². The highest BCUT2D eigenvalue weighted by molar-refractivity contribution is 6.32. The van der Waals surface area contributed by atoms with Crippen LogP contribution in [0.2, 0.25) is 5.02 Å². The van der Waals surface area contributed by atoms with Crippen molar-refractivity contribution in [3.05, 3.63) is 28.8 Å². The van der Waals surface area contributed by atoms with E-state index in [-0.39, 0.29) is 30.6 Å². The summed E-state index contributed by atoms with van der Waals surface area (Å²) >= 11 is 6.07. The number of phenolic OH excluding ortho intramolecular Hbond substituents is 1. The standard InChI is InChI=1S/C15H21ClN2O.2ClH/c16-13-3-1-2-12(15(13)19)14(10-11-4-5-11)18-8-6-17-7-9-18;;/h1-3,11,14,17,19H,4-10H2;2*1H/t14-;;/m0../s1. The van der Waals surface area contributed by atoms with Crippen LogP contribution in [0.5, 0.6) is 5.75 Å². The summed E-state index contributed by atoms with van der Waals surface area (Å²) in [5, 5.41) is 14.1. The van der Waals surface area contributed by atoms with Crippen molar-refractivity contribution in [2.45, 2.75) is 25.3 Å². The van der Waals surface area contributed by atoms with Gasteiger partial charge in [0.15, 0.2) is 0 Å². The highest BCUT2D eigenvalue weighted by atomic mass is 35.5. The fourth-order valence-corrected chi connectivity index (χ4v) is 3.12. The monoisotopic (exact) mass is 352 g/mol. The van der Waals surface area contributed by atoms with Gasteiger partial charge >= 0.3 is 0 Å². The van der Waals surface area contributed by atoms with Crippen LogP contribution in [0.25, 0.3) is 0 Å². The van der Waals surface area contributed by atoms with Gasteiger partial charge in [-0.15, -0.1) is 24.8 Å². The van der Waals surface area contributed by atoms with Crippen LogP contribution >= 0.6 is 36.4 Å². The van der Waals surface area contributed by atoms with E-state index in [9.17, 15) is 5.11 Å². The molecule has 1 aromatic rings. The summed E-state index contributed by atoms with van der Waals surface area (Å²) in [6.45, 7) is 4.15. The van der Waals surface area contributed by atoms with Crippen LogP contribution in [0.4, 0.5) is 0 Å². The number of nitrogens with one attached hydrogen (secondary N) is 1. The molecule has 2 fully saturated rings. The zero-order valence-corrected chi connectivity index (χ0v) is 14.3. The van der Waals surface area contributed by atoms with Crippen molar-refractivity contribution < 1.29 is 5.11 Å². The molecule has 1 saturated carbocycles. The number of rotatable bonds is 4. The molecule has 1 aliphatic carbocycles. The molecule has 1 aliphatic heterocycles. The Balaban J connectivity index is 0.00000110. The normalized spacial score (nSPS) is 20.2. The van der Waals surface area contributed by atoms with Gasteiger partial charge in [0.1, 0.15) is 5.75 Å². The molecule has 2 aliphatic rings. The van der Waals surface area contributed by atoms with Gasteiger partial charge in [0, 0.05) is 37.8 Å². The van der Waals surface area contributed by atoms with E-state index in [0.29, 0.717) is 11.1 Å². The molecule has 0 amide bonds. The quantitative estimate of drug-likeness (QED) is 0.867. The Labute approximate surface area is 143 Å². The molecule has 3 nitrogen and oxygen atoms in total. The summed E-state index contributed by atoms with van der Waals surface area (Å²) in [5.41, 5.74) is 1.00. The Hall–Kier alpha value is -0.190. The Morgan fingerprint density at radius 2 is 1.90 bits per heavy atom. The van der Waals surface area contributed by atoms with E-state index >= 15 is 0 Å². The van der Waals surface area contributed by atoms with Crippen LogP contribution in [0.15, 0.2) is 18.2 Å². The molecule has 0 bridgehead atoms. The highest BCUT2D eigenvalue weighted by Gasteiger charge is 2.31. The first-order valence-corrected chi connectivity index (χ1v) is 7.55. The molecular weight excluding hydrogens is 331 g/mol. The lowest BCUT2D eigenvalue weighted by Crippen LogP contribution is -2.45. The molecule has 3 rings (SSSR count). The second-order valence-electron chi connectivity index (χ2n) is 5.66. The van der Waals surface area contributed by atoms with Gasteiger partial charge in [-0.25, -0.2) is 0 Å². The van der Waals surface area contributed by atoms with Gasteiger partial charge in [-0.3, -0.25) is 4.90 Å². The van der Waals surface area contributed by atoms with Crippen molar-refractivity contribution >= 4 is 36.4 Å². The van der Waals surface area contributed by atoms with E-state index in [1.165, 1.54) is 12.8 Å². The number of halogens is 3. The topological polar surface area (TPSA) is 35.5 Å². The van der Waals surface area contributed by atoms with Gasteiger partial charge in [0.2, 0.25) is 0 Å². The largest absolute Gasteiger partial charge is 0.506 e. The zero-order valence-electron chi connectivity index (χ0n) is 11.9. The van der Waals surface area contributed by atoms with Crippen molar-refractivity contribution in [3.8, 4) is 5.75 Å². The maximum Gasteiger partial charge on any atom is 0.138 e. The van der Waals surface area contributed by atoms with E-state index in [0.717, 1.165) is 44.1 Å². The van der Waals surface area contributed by atoms with Crippen molar-refractivity contribution in [2.75, 3.05) is 26.2 Å². The lowest BCUT2D eigenvalue weighted by atomic mass is 9.97. The van der Waals surface area contributed by atoms with Crippen LogP contribution in [0, 0.1) is 5.92 Å².